The molecule has 1 aromatic heterocycles. The van der Waals surface area contributed by atoms with E-state index in [0.29, 0.717) is 17.7 Å². The van der Waals surface area contributed by atoms with E-state index in [4.69, 9.17) is 5.73 Å². The number of primary amides is 1. The summed E-state index contributed by atoms with van der Waals surface area (Å²) < 4.78 is 14.8. The lowest BCUT2D eigenvalue weighted by atomic mass is 9.75. The number of halogens is 1. The number of likely N-dealkylation sites (N-methyl/N-ethyl adjacent to an activating group) is 1. The highest BCUT2D eigenvalue weighted by Gasteiger charge is 2.54. The lowest BCUT2D eigenvalue weighted by Crippen LogP contribution is -2.45. The molecule has 10 heteroatoms. The Labute approximate surface area is 209 Å². The summed E-state index contributed by atoms with van der Waals surface area (Å²) in [5.74, 6) is -0.359. The number of ketones is 1. The lowest BCUT2D eigenvalue weighted by Gasteiger charge is -2.35. The van der Waals surface area contributed by atoms with E-state index < -0.39 is 5.82 Å². The molecule has 0 radical (unpaired) electrons. The molecule has 2 aromatic rings. The highest BCUT2D eigenvalue weighted by atomic mass is 19.1. The number of amides is 1. The van der Waals surface area contributed by atoms with Gasteiger partial charge in [-0.25, -0.2) is 9.37 Å². The molecule has 1 amide bonds. The van der Waals surface area contributed by atoms with Gasteiger partial charge in [-0.1, -0.05) is 0 Å². The summed E-state index contributed by atoms with van der Waals surface area (Å²) in [7, 11) is 2.11. The fourth-order valence-corrected chi connectivity index (χ4v) is 6.80. The summed E-state index contributed by atoms with van der Waals surface area (Å²) in [5.41, 5.74) is 8.08. The second kappa shape index (κ2) is 8.99. The van der Waals surface area contributed by atoms with E-state index in [1.54, 1.807) is 0 Å². The van der Waals surface area contributed by atoms with E-state index >= 15 is 0 Å². The van der Waals surface area contributed by atoms with Gasteiger partial charge in [0.25, 0.3) is 0 Å². The van der Waals surface area contributed by atoms with Gasteiger partial charge < -0.3 is 26.2 Å². The quantitative estimate of drug-likeness (QED) is 0.585. The van der Waals surface area contributed by atoms with E-state index in [-0.39, 0.29) is 53.2 Å². The van der Waals surface area contributed by atoms with Crippen molar-refractivity contribution < 1.29 is 14.0 Å². The molecule has 2 saturated carbocycles. The number of nitrogens with zero attached hydrogens (tertiary/aromatic N) is 4. The molecule has 6 rings (SSSR count). The summed E-state index contributed by atoms with van der Waals surface area (Å²) in [6.07, 6.45) is 4.02. The maximum atomic E-state index is 14.8. The molecular formula is C26H32FN7O2. The number of hydrogen-bond acceptors (Lipinski definition) is 8. The van der Waals surface area contributed by atoms with Crippen LogP contribution in [0.1, 0.15) is 36.0 Å². The maximum Gasteiger partial charge on any atom is 0.229 e. The molecule has 1 saturated heterocycles. The van der Waals surface area contributed by atoms with Crippen molar-refractivity contribution in [2.75, 3.05) is 48.8 Å². The first-order valence-electron chi connectivity index (χ1n) is 12.8. The molecule has 3 fully saturated rings. The van der Waals surface area contributed by atoms with Crippen molar-refractivity contribution in [3.63, 3.8) is 0 Å². The fraction of sp³-hybridized carbons (Fsp3) is 0.538. The number of piperazine rings is 1. The summed E-state index contributed by atoms with van der Waals surface area (Å²) in [4.78, 5) is 38.8. The Morgan fingerprint density at radius 1 is 1.14 bits per heavy atom. The number of carbonyl (C=O) groups is 2. The first-order valence-corrected chi connectivity index (χ1v) is 12.8. The molecule has 9 nitrogen and oxygen atoms in total. The molecule has 2 aliphatic heterocycles. The van der Waals surface area contributed by atoms with Gasteiger partial charge in [0, 0.05) is 55.6 Å². The number of aromatic nitrogens is 2. The smallest absolute Gasteiger partial charge is 0.229 e. The summed E-state index contributed by atoms with van der Waals surface area (Å²) >= 11 is 0. The van der Waals surface area contributed by atoms with Gasteiger partial charge in [0.1, 0.15) is 0 Å². The van der Waals surface area contributed by atoms with E-state index in [1.807, 2.05) is 18.2 Å². The van der Waals surface area contributed by atoms with Crippen molar-refractivity contribution in [3.05, 3.63) is 35.8 Å². The lowest BCUT2D eigenvalue weighted by molar-refractivity contribution is -0.123. The monoisotopic (exact) mass is 493 g/mol. The molecule has 5 atom stereocenters. The maximum absolute atomic E-state index is 14.8. The number of Topliss-reactive ketones (excluding diaryl/α,β-unsaturated/α-hetero) is 1. The molecule has 4 N–H and O–H groups in total. The van der Waals surface area contributed by atoms with Crippen LogP contribution in [0.2, 0.25) is 0 Å². The Morgan fingerprint density at radius 2 is 1.94 bits per heavy atom. The number of nitrogens with two attached hydrogens (primary N) is 1. The molecule has 4 aliphatic rings. The van der Waals surface area contributed by atoms with Crippen LogP contribution in [0, 0.1) is 29.5 Å². The number of benzene rings is 1. The Balaban J connectivity index is 1.38. The van der Waals surface area contributed by atoms with Crippen molar-refractivity contribution in [3.8, 4) is 0 Å². The standard InChI is InChI=1S/C26H32FN7O2/c1-33-4-6-34(7-5-33)18-10-15-9-17(12-18)30-26-29-13-20(27)25(32-26)31-23-19-11-16(22(23)24(28)36)8-14(19)2-3-21(15)35/h9-10,12-14,16,19,22-23H,2-8,11H2,1H3,(H2,28,36)(H2,29,30,31,32)/t14-,16+,19-,22+,23-/m1/s1. The second-order valence-corrected chi connectivity index (χ2v) is 10.8. The van der Waals surface area contributed by atoms with Crippen molar-refractivity contribution >= 4 is 34.8 Å². The van der Waals surface area contributed by atoms with E-state index in [0.717, 1.165) is 57.3 Å². The SMILES string of the molecule is CN1CCN(c2cc3cc(c2)C(=O)CC[C@@H]2C[C@H]4C[C@H]2[C@@H](Nc2nc(ncc2F)N3)[C@H]4C(N)=O)CC1. The predicted octanol–water partition coefficient (Wildman–Crippen LogP) is 2.63. The van der Waals surface area contributed by atoms with Crippen LogP contribution in [-0.2, 0) is 4.79 Å². The summed E-state index contributed by atoms with van der Waals surface area (Å²) in [6.45, 7) is 3.66. The normalized spacial score (nSPS) is 29.9. The van der Waals surface area contributed by atoms with E-state index in [9.17, 15) is 14.0 Å². The Hall–Kier alpha value is -3.27. The van der Waals surface area contributed by atoms with Crippen molar-refractivity contribution in [2.24, 2.45) is 29.4 Å². The molecule has 3 heterocycles. The number of carbonyl (C=O) groups excluding carboxylic acids is 2. The Kier molecular flexibility index (Phi) is 5.78. The van der Waals surface area contributed by atoms with Crippen molar-refractivity contribution in [2.45, 2.75) is 31.7 Å². The van der Waals surface area contributed by atoms with Crippen LogP contribution < -0.4 is 21.3 Å². The van der Waals surface area contributed by atoms with Crippen LogP contribution in [0.15, 0.2) is 24.4 Å². The summed E-state index contributed by atoms with van der Waals surface area (Å²) in [6, 6.07) is 5.50. The highest BCUT2D eigenvalue weighted by molar-refractivity contribution is 5.98. The van der Waals surface area contributed by atoms with E-state index in [1.165, 1.54) is 0 Å². The minimum Gasteiger partial charge on any atom is -0.369 e. The van der Waals surface area contributed by atoms with Gasteiger partial charge in [-0.3, -0.25) is 9.59 Å². The minimum absolute atomic E-state index is 0.0682. The van der Waals surface area contributed by atoms with E-state index in [2.05, 4.69) is 37.4 Å². The second-order valence-electron chi connectivity index (χ2n) is 10.8. The molecule has 2 aliphatic carbocycles. The highest BCUT2D eigenvalue weighted by Crippen LogP contribution is 2.54. The predicted molar refractivity (Wildman–Crippen MR) is 135 cm³/mol. The Bertz CT molecular complexity index is 1200. The van der Waals surface area contributed by atoms with Crippen LogP contribution in [0.4, 0.5) is 27.5 Å². The molecule has 0 unspecified atom stereocenters. The molecule has 0 spiro atoms. The number of fused-ring (bicyclic) bond motifs is 5. The van der Waals surface area contributed by atoms with Crippen LogP contribution in [0.5, 0.6) is 0 Å². The molecular weight excluding hydrogens is 461 g/mol. The number of nitrogens with one attached hydrogen (secondary N) is 2. The topological polar surface area (TPSA) is 116 Å². The van der Waals surface area contributed by atoms with Crippen LogP contribution in [0.25, 0.3) is 0 Å². The number of anilines is 4. The zero-order valence-electron chi connectivity index (χ0n) is 20.4. The average Bonchev–Trinajstić information content (AvgIpc) is 3.42. The zero-order valence-corrected chi connectivity index (χ0v) is 20.4. The molecule has 1 aromatic carbocycles. The third-order valence-corrected chi connectivity index (χ3v) is 8.62. The van der Waals surface area contributed by atoms with Gasteiger partial charge in [-0.05, 0) is 62.3 Å². The van der Waals surface area contributed by atoms with Gasteiger partial charge >= 0.3 is 0 Å². The van der Waals surface area contributed by atoms with Crippen LogP contribution in [0.3, 0.4) is 0 Å². The van der Waals surface area contributed by atoms with Gasteiger partial charge in [0.05, 0.1) is 12.1 Å². The molecule has 36 heavy (non-hydrogen) atoms. The van der Waals surface area contributed by atoms with Crippen LogP contribution in [-0.4, -0.2) is 65.8 Å². The fourth-order valence-electron chi connectivity index (χ4n) is 6.80. The number of hydrogen-bond donors (Lipinski definition) is 3. The molecule has 6 bridgehead atoms. The average molecular weight is 494 g/mol. The largest absolute Gasteiger partial charge is 0.369 e. The number of rotatable bonds is 2. The first kappa shape index (κ1) is 23.1. The van der Waals surface area contributed by atoms with Gasteiger partial charge in [-0.2, -0.15) is 4.98 Å². The third kappa shape index (κ3) is 4.17. The Morgan fingerprint density at radius 3 is 2.72 bits per heavy atom. The minimum atomic E-state index is -0.572. The van der Waals surface area contributed by atoms with Gasteiger partial charge in [0.2, 0.25) is 11.9 Å². The van der Waals surface area contributed by atoms with Gasteiger partial charge in [-0.15, -0.1) is 0 Å². The first-order chi connectivity index (χ1) is 17.4. The van der Waals surface area contributed by atoms with Crippen LogP contribution >= 0.6 is 0 Å². The third-order valence-electron chi connectivity index (χ3n) is 8.62. The zero-order chi connectivity index (χ0) is 25.0. The van der Waals surface area contributed by atoms with Crippen molar-refractivity contribution in [1.82, 2.24) is 14.9 Å². The summed E-state index contributed by atoms with van der Waals surface area (Å²) in [5, 5.41) is 6.39. The van der Waals surface area contributed by atoms with Crippen molar-refractivity contribution in [1.29, 1.82) is 0 Å². The van der Waals surface area contributed by atoms with Gasteiger partial charge in [0.15, 0.2) is 17.4 Å². The molecule has 190 valence electrons.